The number of thiazole rings is 1. The molecule has 382 valence electrons. The van der Waals surface area contributed by atoms with Gasteiger partial charge in [-0.1, -0.05) is 68.8 Å². The fourth-order valence-electron chi connectivity index (χ4n) is 9.46. The number of amides is 4. The van der Waals surface area contributed by atoms with Crippen molar-refractivity contribution in [3.8, 4) is 27.1 Å². The van der Waals surface area contributed by atoms with Crippen LogP contribution in [0.15, 0.2) is 77.4 Å². The van der Waals surface area contributed by atoms with Crippen LogP contribution in [0.1, 0.15) is 110 Å². The lowest BCUT2D eigenvalue weighted by molar-refractivity contribution is -0.144. The van der Waals surface area contributed by atoms with Gasteiger partial charge in [0.25, 0.3) is 5.91 Å². The Kier molecular flexibility index (Phi) is 14.9. The number of carbonyl (C=O) groups is 4. The molecule has 1 aliphatic carbocycles. The molecule has 4 aromatic heterocycles. The van der Waals surface area contributed by atoms with Gasteiger partial charge in [0.1, 0.15) is 40.8 Å². The van der Waals surface area contributed by atoms with Crippen molar-refractivity contribution >= 4 is 63.6 Å². The standard InChI is InChI=1S/C53H59ClN10O7S2/c1-27-30(4)73-52-45(27)46(33-13-15-35(54)16-14-33)59-40(49-62-61-31(5)64(49)52)23-42(66)58-36-19-39(20-36)71-44-22-38(17-18-55-44)70-25-43(67)60-48(53(6,7)8)51(69)63-24-37(65)21-41(63)50(68)57-28(2)32-9-11-34(12-10-32)47-29(3)56-26-72-47/h9-18,22,26,28,36-37,39-41,48,65H,19-21,23-25H2,1-8H3,(H,57,68)(H,58,66)(H,60,67)/t28-,36?,37+,39?,40-,41-,48?/m0/s1. The summed E-state index contributed by atoms with van der Waals surface area (Å²) in [5, 5.41) is 30.2. The normalized spacial score (nSPS) is 20.1. The minimum atomic E-state index is -1.04. The van der Waals surface area contributed by atoms with Crippen LogP contribution in [0.4, 0.5) is 0 Å². The minimum absolute atomic E-state index is 0.0514. The van der Waals surface area contributed by atoms with Crippen LogP contribution in [0.5, 0.6) is 11.6 Å². The van der Waals surface area contributed by atoms with Crippen molar-refractivity contribution in [1.82, 2.24) is 45.6 Å². The van der Waals surface area contributed by atoms with Crippen molar-refractivity contribution in [2.45, 2.75) is 123 Å². The number of aryl methyl sites for hydroxylation is 3. The number of nitrogens with zero attached hydrogens (tertiary/aromatic N) is 7. The number of hydrogen-bond acceptors (Lipinski definition) is 14. The summed E-state index contributed by atoms with van der Waals surface area (Å²) >= 11 is 9.49. The molecule has 6 aromatic rings. The van der Waals surface area contributed by atoms with Crippen LogP contribution >= 0.6 is 34.3 Å². The van der Waals surface area contributed by atoms with Crippen LogP contribution in [0.2, 0.25) is 5.02 Å². The SMILES string of the molecule is Cc1ncsc1-c1ccc([C@H](C)NC(=O)[C@@H]2C[C@@H](O)CN2C(=O)C(NC(=O)COc2ccnc(OC3CC(NC(=O)C[C@@H]4N=C(c5ccc(Cl)cc5)c5c(sc(C)c5C)-n5c(C)nnc54)C3)c2)C(C)(C)C)cc1. The molecule has 6 heterocycles. The molecular formula is C53H59ClN10O7S2. The third-order valence-electron chi connectivity index (χ3n) is 13.6. The van der Waals surface area contributed by atoms with E-state index in [0.717, 1.165) is 54.0 Å². The molecule has 20 heteroatoms. The molecule has 0 bridgehead atoms. The number of hydrogen-bond donors (Lipinski definition) is 4. The van der Waals surface area contributed by atoms with Crippen LogP contribution in [0.3, 0.4) is 0 Å². The van der Waals surface area contributed by atoms with Crippen molar-refractivity contribution in [1.29, 1.82) is 0 Å². The molecular weight excluding hydrogens is 988 g/mol. The molecule has 0 radical (unpaired) electrons. The predicted molar refractivity (Wildman–Crippen MR) is 280 cm³/mol. The summed E-state index contributed by atoms with van der Waals surface area (Å²) in [5.41, 5.74) is 7.70. The van der Waals surface area contributed by atoms with Gasteiger partial charge in [0.05, 0.1) is 40.4 Å². The Labute approximate surface area is 436 Å². The molecule has 2 aliphatic heterocycles. The van der Waals surface area contributed by atoms with Gasteiger partial charge >= 0.3 is 0 Å². The van der Waals surface area contributed by atoms with Crippen LogP contribution in [0, 0.1) is 33.1 Å². The first-order valence-electron chi connectivity index (χ1n) is 24.3. The zero-order valence-corrected chi connectivity index (χ0v) is 44.3. The Morgan fingerprint density at radius 1 is 0.918 bits per heavy atom. The largest absolute Gasteiger partial charge is 0.484 e. The maximum atomic E-state index is 14.2. The first kappa shape index (κ1) is 51.4. The average molecular weight is 1050 g/mol. The number of halogens is 1. The summed E-state index contributed by atoms with van der Waals surface area (Å²) in [6, 6.07) is 15.6. The summed E-state index contributed by atoms with van der Waals surface area (Å²) in [5.74, 6) is 0.341. The number of rotatable bonds is 15. The van der Waals surface area contributed by atoms with Gasteiger partial charge in [-0.05, 0) is 74.9 Å². The molecule has 5 atom stereocenters. The fraction of sp³-hybridized carbons (Fsp3) is 0.415. The van der Waals surface area contributed by atoms with E-state index in [4.69, 9.17) is 26.1 Å². The van der Waals surface area contributed by atoms with Gasteiger partial charge < -0.3 is 35.4 Å². The summed E-state index contributed by atoms with van der Waals surface area (Å²) in [6.45, 7) is 14.9. The molecule has 0 spiro atoms. The van der Waals surface area contributed by atoms with Gasteiger partial charge in [-0.3, -0.25) is 28.7 Å². The maximum Gasteiger partial charge on any atom is 0.258 e. The highest BCUT2D eigenvalue weighted by Crippen LogP contribution is 2.40. The van der Waals surface area contributed by atoms with Gasteiger partial charge in [-0.15, -0.1) is 32.9 Å². The molecule has 3 aliphatic rings. The second kappa shape index (κ2) is 21.1. The van der Waals surface area contributed by atoms with Gasteiger partial charge in [0.15, 0.2) is 12.4 Å². The van der Waals surface area contributed by atoms with Crippen LogP contribution in [-0.2, 0) is 19.2 Å². The first-order chi connectivity index (χ1) is 34.8. The Balaban J connectivity index is 0.767. The second-order valence-electron chi connectivity index (χ2n) is 20.1. The molecule has 4 amide bonds. The second-order valence-corrected chi connectivity index (χ2v) is 22.6. The summed E-state index contributed by atoms with van der Waals surface area (Å²) in [7, 11) is 0. The number of aliphatic imine (C=N–C) groups is 1. The van der Waals surface area contributed by atoms with Gasteiger partial charge in [-0.2, -0.15) is 0 Å². The molecule has 2 aromatic carbocycles. The summed E-state index contributed by atoms with van der Waals surface area (Å²) in [4.78, 5) is 72.6. The Morgan fingerprint density at radius 3 is 2.34 bits per heavy atom. The van der Waals surface area contributed by atoms with E-state index < -0.39 is 54.0 Å². The number of likely N-dealkylation sites (tertiary alicyclic amines) is 1. The molecule has 9 rings (SSSR count). The average Bonchev–Trinajstić information content (AvgIpc) is 4.11. The quantitative estimate of drug-likeness (QED) is 0.0791. The molecule has 1 saturated heterocycles. The molecule has 17 nitrogen and oxygen atoms in total. The van der Waals surface area contributed by atoms with Crippen LogP contribution < -0.4 is 25.4 Å². The van der Waals surface area contributed by atoms with Gasteiger partial charge in [-0.25, -0.2) is 9.97 Å². The van der Waals surface area contributed by atoms with Crippen molar-refractivity contribution < 1.29 is 33.8 Å². The van der Waals surface area contributed by atoms with E-state index in [9.17, 15) is 24.3 Å². The monoisotopic (exact) mass is 1050 g/mol. The van der Waals surface area contributed by atoms with E-state index in [0.29, 0.717) is 41.1 Å². The number of benzene rings is 2. The number of thiophene rings is 1. The highest BCUT2D eigenvalue weighted by Gasteiger charge is 2.45. The topological polar surface area (TPSA) is 215 Å². The van der Waals surface area contributed by atoms with E-state index in [-0.39, 0.29) is 43.5 Å². The predicted octanol–water partition coefficient (Wildman–Crippen LogP) is 7.49. The number of carbonyl (C=O) groups excluding carboxylic acids is 4. The lowest BCUT2D eigenvalue weighted by atomic mass is 9.85. The van der Waals surface area contributed by atoms with Crippen molar-refractivity contribution in [3.05, 3.63) is 122 Å². The van der Waals surface area contributed by atoms with E-state index in [1.54, 1.807) is 34.8 Å². The van der Waals surface area contributed by atoms with Crippen molar-refractivity contribution in [2.24, 2.45) is 10.4 Å². The molecule has 1 saturated carbocycles. The number of pyridine rings is 1. The lowest BCUT2D eigenvalue weighted by Gasteiger charge is -2.35. The maximum absolute atomic E-state index is 14.2. The van der Waals surface area contributed by atoms with Crippen molar-refractivity contribution in [3.63, 3.8) is 0 Å². The summed E-state index contributed by atoms with van der Waals surface area (Å²) in [6.07, 6.45) is 1.61. The number of fused-ring (bicyclic) bond motifs is 3. The number of nitrogens with one attached hydrogen (secondary N) is 3. The smallest absolute Gasteiger partial charge is 0.258 e. The highest BCUT2D eigenvalue weighted by atomic mass is 35.5. The molecule has 4 N–H and O–H groups in total. The lowest BCUT2D eigenvalue weighted by Crippen LogP contribution is -2.58. The number of aromatic nitrogens is 5. The number of aliphatic hydroxyl groups is 1. The molecule has 1 unspecified atom stereocenters. The van der Waals surface area contributed by atoms with E-state index in [1.165, 1.54) is 11.1 Å². The number of β-amino-alcohol motifs (C(OH)–C–C–N with tert-alkyl or cyclic N) is 1. The summed E-state index contributed by atoms with van der Waals surface area (Å²) < 4.78 is 14.0. The van der Waals surface area contributed by atoms with Crippen molar-refractivity contribution in [2.75, 3.05) is 13.2 Å². The Morgan fingerprint density at radius 2 is 1.64 bits per heavy atom. The van der Waals surface area contributed by atoms with Crippen LogP contribution in [0.25, 0.3) is 15.4 Å². The van der Waals surface area contributed by atoms with E-state index >= 15 is 0 Å². The van der Waals surface area contributed by atoms with Crippen LogP contribution in [-0.4, -0.2) is 108 Å². The Bertz CT molecular complexity index is 3070. The van der Waals surface area contributed by atoms with E-state index in [2.05, 4.69) is 50.0 Å². The zero-order valence-electron chi connectivity index (χ0n) is 41.9. The third kappa shape index (κ3) is 11.2. The van der Waals surface area contributed by atoms with E-state index in [1.807, 2.05) is 100 Å². The minimum Gasteiger partial charge on any atom is -0.484 e. The number of ether oxygens (including phenoxy) is 2. The molecule has 2 fully saturated rings. The third-order valence-corrected chi connectivity index (χ3v) is 16.0. The van der Waals surface area contributed by atoms with Gasteiger partial charge in [0, 0.05) is 65.1 Å². The first-order valence-corrected chi connectivity index (χ1v) is 26.4. The molecule has 73 heavy (non-hydrogen) atoms. The highest BCUT2D eigenvalue weighted by molar-refractivity contribution is 7.15. The van der Waals surface area contributed by atoms with Gasteiger partial charge in [0.2, 0.25) is 23.6 Å². The Hall–Kier alpha value is -6.54. The fourth-order valence-corrected chi connectivity index (χ4v) is 11.6. The zero-order chi connectivity index (χ0) is 51.9. The number of aliphatic hydroxyl groups excluding tert-OH is 1.